The van der Waals surface area contributed by atoms with E-state index in [4.69, 9.17) is 4.74 Å². The predicted molar refractivity (Wildman–Crippen MR) is 119 cm³/mol. The number of ether oxygens (including phenoxy) is 1. The van der Waals surface area contributed by atoms with Crippen LogP contribution in [-0.2, 0) is 21.2 Å². The third-order valence-electron chi connectivity index (χ3n) is 5.41. The molecule has 1 aliphatic heterocycles. The van der Waals surface area contributed by atoms with Gasteiger partial charge in [-0.3, -0.25) is 9.59 Å². The van der Waals surface area contributed by atoms with Crippen molar-refractivity contribution in [3.8, 4) is 5.75 Å². The van der Waals surface area contributed by atoms with Crippen LogP contribution in [0.4, 0.5) is 0 Å². The molecule has 31 heavy (non-hydrogen) atoms. The van der Waals surface area contributed by atoms with Gasteiger partial charge in [-0.25, -0.2) is 8.42 Å². The van der Waals surface area contributed by atoms with Gasteiger partial charge >= 0.3 is 4.87 Å². The van der Waals surface area contributed by atoms with Gasteiger partial charge in [-0.1, -0.05) is 23.5 Å². The van der Waals surface area contributed by atoms with E-state index >= 15 is 0 Å². The average molecular weight is 462 g/mol. The zero-order valence-electron chi connectivity index (χ0n) is 17.0. The molecule has 0 saturated carbocycles. The Morgan fingerprint density at radius 1 is 1.10 bits per heavy atom. The highest BCUT2D eigenvalue weighted by molar-refractivity contribution is 7.89. The van der Waals surface area contributed by atoms with Gasteiger partial charge in [0.05, 0.1) is 22.2 Å². The fourth-order valence-corrected chi connectivity index (χ4v) is 5.91. The van der Waals surface area contributed by atoms with Crippen LogP contribution in [0.15, 0.2) is 52.2 Å². The van der Waals surface area contributed by atoms with Gasteiger partial charge in [-0.2, -0.15) is 4.31 Å². The first kappa shape index (κ1) is 21.5. The van der Waals surface area contributed by atoms with Gasteiger partial charge in [-0.15, -0.1) is 0 Å². The summed E-state index contributed by atoms with van der Waals surface area (Å²) in [4.78, 5) is 28.4. The molecule has 2 aromatic carbocycles. The molecular formula is C21H23N3O5S2. The quantitative estimate of drug-likeness (QED) is 0.606. The Hall–Kier alpha value is -2.69. The number of carbonyl (C=O) groups is 1. The number of thiazole rings is 1. The van der Waals surface area contributed by atoms with Crippen LogP contribution in [0.3, 0.4) is 0 Å². The minimum Gasteiger partial charge on any atom is -0.497 e. The van der Waals surface area contributed by atoms with Crippen molar-refractivity contribution in [1.82, 2.24) is 14.2 Å². The van der Waals surface area contributed by atoms with Crippen molar-refractivity contribution in [2.24, 2.45) is 0 Å². The van der Waals surface area contributed by atoms with E-state index in [1.165, 1.54) is 16.4 Å². The molecule has 0 radical (unpaired) electrons. The number of aryl methyl sites for hydroxylation is 1. The van der Waals surface area contributed by atoms with Crippen molar-refractivity contribution in [1.29, 1.82) is 0 Å². The Balaban J connectivity index is 1.35. The molecule has 164 valence electrons. The average Bonchev–Trinajstić information content (AvgIpc) is 3.17. The molecule has 8 nitrogen and oxygen atoms in total. The van der Waals surface area contributed by atoms with Gasteiger partial charge < -0.3 is 14.6 Å². The minimum absolute atomic E-state index is 0.0198. The third-order valence-corrected chi connectivity index (χ3v) is 8.15. The number of piperazine rings is 1. The van der Waals surface area contributed by atoms with Crippen LogP contribution >= 0.6 is 11.3 Å². The molecule has 1 fully saturated rings. The number of nitrogens with one attached hydrogen (secondary N) is 1. The van der Waals surface area contributed by atoms with Gasteiger partial charge in [-0.05, 0) is 42.3 Å². The first-order valence-electron chi connectivity index (χ1n) is 9.90. The summed E-state index contributed by atoms with van der Waals surface area (Å²) in [6, 6.07) is 12.3. The van der Waals surface area contributed by atoms with Crippen LogP contribution in [0.1, 0.15) is 12.0 Å². The summed E-state index contributed by atoms with van der Waals surface area (Å²) in [5.74, 6) is 0.795. The maximum Gasteiger partial charge on any atom is 0.305 e. The Morgan fingerprint density at radius 2 is 1.81 bits per heavy atom. The third kappa shape index (κ3) is 4.65. The second-order valence-corrected chi connectivity index (χ2v) is 10.3. The lowest BCUT2D eigenvalue weighted by Gasteiger charge is -2.34. The Labute approximate surface area is 184 Å². The summed E-state index contributed by atoms with van der Waals surface area (Å²) >= 11 is 0.985. The maximum absolute atomic E-state index is 13.0. The number of aromatic amines is 1. The standard InChI is InChI=1S/C21H23N3O5S2/c1-29-16-5-2-15(3-6-16)4-9-20(25)23-10-12-24(13-11-23)31(27,28)17-7-8-18-19(14-17)30-21(26)22-18/h2-3,5-8,14H,4,9-13H2,1H3,(H,22,26). The molecule has 0 atom stereocenters. The van der Waals surface area contributed by atoms with Crippen molar-refractivity contribution >= 4 is 37.5 Å². The van der Waals surface area contributed by atoms with E-state index < -0.39 is 10.0 Å². The molecular weight excluding hydrogens is 438 g/mol. The van der Waals surface area contributed by atoms with E-state index in [1.54, 1.807) is 18.1 Å². The molecule has 4 rings (SSSR count). The van der Waals surface area contributed by atoms with Crippen molar-refractivity contribution in [2.45, 2.75) is 17.7 Å². The smallest absolute Gasteiger partial charge is 0.305 e. The van der Waals surface area contributed by atoms with Crippen LogP contribution in [0, 0.1) is 0 Å². The van der Waals surface area contributed by atoms with E-state index in [0.717, 1.165) is 22.6 Å². The Kier molecular flexibility index (Phi) is 6.12. The van der Waals surface area contributed by atoms with Crippen molar-refractivity contribution in [2.75, 3.05) is 33.3 Å². The number of aromatic nitrogens is 1. The zero-order chi connectivity index (χ0) is 22.0. The monoisotopic (exact) mass is 461 g/mol. The SMILES string of the molecule is COc1ccc(CCC(=O)N2CCN(S(=O)(=O)c3ccc4[nH]c(=O)sc4c3)CC2)cc1. The number of hydrogen-bond donors (Lipinski definition) is 1. The number of sulfonamides is 1. The van der Waals surface area contributed by atoms with E-state index in [2.05, 4.69) is 4.98 Å². The fraction of sp³-hybridized carbons (Fsp3) is 0.333. The molecule has 0 unspecified atom stereocenters. The topological polar surface area (TPSA) is 99.8 Å². The van der Waals surface area contributed by atoms with Gasteiger partial charge in [0.1, 0.15) is 5.75 Å². The zero-order valence-corrected chi connectivity index (χ0v) is 18.7. The molecule has 2 heterocycles. The maximum atomic E-state index is 13.0. The number of carbonyl (C=O) groups excluding carboxylic acids is 1. The Morgan fingerprint density at radius 3 is 2.48 bits per heavy atom. The predicted octanol–water partition coefficient (Wildman–Crippen LogP) is 2.06. The molecule has 1 amide bonds. The number of fused-ring (bicyclic) bond motifs is 1. The normalized spacial score (nSPS) is 15.3. The van der Waals surface area contributed by atoms with Crippen LogP contribution < -0.4 is 9.61 Å². The summed E-state index contributed by atoms with van der Waals surface area (Å²) in [6.07, 6.45) is 1.00. The molecule has 0 spiro atoms. The number of H-pyrrole nitrogens is 1. The molecule has 10 heteroatoms. The summed E-state index contributed by atoms with van der Waals surface area (Å²) in [5.41, 5.74) is 1.68. The van der Waals surface area contributed by atoms with Gasteiger partial charge in [0, 0.05) is 32.6 Å². The number of benzene rings is 2. The van der Waals surface area contributed by atoms with Crippen molar-refractivity contribution < 1.29 is 17.9 Å². The molecule has 1 N–H and O–H groups in total. The van der Waals surface area contributed by atoms with E-state index in [9.17, 15) is 18.0 Å². The highest BCUT2D eigenvalue weighted by atomic mass is 32.2. The minimum atomic E-state index is -3.68. The van der Waals surface area contributed by atoms with E-state index in [-0.39, 0.29) is 28.8 Å². The molecule has 1 aromatic heterocycles. The fourth-order valence-electron chi connectivity index (χ4n) is 3.61. The van der Waals surface area contributed by atoms with Gasteiger partial charge in [0.2, 0.25) is 15.9 Å². The molecule has 1 saturated heterocycles. The molecule has 0 aliphatic carbocycles. The van der Waals surface area contributed by atoms with Crippen LogP contribution in [-0.4, -0.2) is 61.8 Å². The lowest BCUT2D eigenvalue weighted by atomic mass is 10.1. The summed E-state index contributed by atoms with van der Waals surface area (Å²) in [6.45, 7) is 1.22. The number of hydrogen-bond acceptors (Lipinski definition) is 6. The van der Waals surface area contributed by atoms with Crippen LogP contribution in [0.5, 0.6) is 5.75 Å². The number of nitrogens with zero attached hydrogens (tertiary/aromatic N) is 2. The van der Waals surface area contributed by atoms with Gasteiger partial charge in [0.15, 0.2) is 0 Å². The number of methoxy groups -OCH3 is 1. The highest BCUT2D eigenvalue weighted by Gasteiger charge is 2.30. The first-order chi connectivity index (χ1) is 14.9. The number of amides is 1. The molecule has 1 aliphatic rings. The van der Waals surface area contributed by atoms with Gasteiger partial charge in [0.25, 0.3) is 0 Å². The largest absolute Gasteiger partial charge is 0.497 e. The molecule has 3 aromatic rings. The van der Waals surface area contributed by atoms with Crippen LogP contribution in [0.25, 0.3) is 10.2 Å². The molecule has 0 bridgehead atoms. The lowest BCUT2D eigenvalue weighted by Crippen LogP contribution is -2.50. The van der Waals surface area contributed by atoms with Crippen LogP contribution in [0.2, 0.25) is 0 Å². The van der Waals surface area contributed by atoms with E-state index in [1.807, 2.05) is 24.3 Å². The summed E-state index contributed by atoms with van der Waals surface area (Å²) in [7, 11) is -2.07. The summed E-state index contributed by atoms with van der Waals surface area (Å²) in [5, 5.41) is 0. The second kappa shape index (κ2) is 8.81. The first-order valence-corrected chi connectivity index (χ1v) is 12.2. The Bertz CT molecular complexity index is 1240. The van der Waals surface area contributed by atoms with Crippen molar-refractivity contribution in [3.63, 3.8) is 0 Å². The highest BCUT2D eigenvalue weighted by Crippen LogP contribution is 2.23. The number of rotatable bonds is 6. The summed E-state index contributed by atoms with van der Waals surface area (Å²) < 4.78 is 33.2. The second-order valence-electron chi connectivity index (χ2n) is 7.31. The van der Waals surface area contributed by atoms with E-state index in [0.29, 0.717) is 36.1 Å². The van der Waals surface area contributed by atoms with Crippen molar-refractivity contribution in [3.05, 3.63) is 57.7 Å². The lowest BCUT2D eigenvalue weighted by molar-refractivity contribution is -0.132.